The molecule has 0 unspecified atom stereocenters. The van der Waals surface area contributed by atoms with Gasteiger partial charge in [0.05, 0.1) is 26.1 Å². The van der Waals surface area contributed by atoms with E-state index in [1.165, 1.54) is 0 Å². The number of unbranched alkanes of at least 4 members (excludes halogenated alkanes) is 2. The molecular formula is C19H34F6N2O4. The van der Waals surface area contributed by atoms with Crippen LogP contribution in [0, 0.1) is 17.8 Å². The van der Waals surface area contributed by atoms with Gasteiger partial charge in [0.25, 0.3) is 0 Å². The maximum atomic E-state index is 12.4. The molecule has 0 saturated carbocycles. The molecule has 12 heteroatoms. The van der Waals surface area contributed by atoms with E-state index in [9.17, 15) is 35.9 Å². The first-order valence-corrected chi connectivity index (χ1v) is 9.84. The van der Waals surface area contributed by atoms with Crippen molar-refractivity contribution in [3.8, 4) is 0 Å². The number of rotatable bonds is 10. The summed E-state index contributed by atoms with van der Waals surface area (Å²) < 4.78 is 82.7. The second kappa shape index (κ2) is 14.5. The summed E-state index contributed by atoms with van der Waals surface area (Å²) in [4.78, 5) is 22.3. The summed E-state index contributed by atoms with van der Waals surface area (Å²) in [5.41, 5.74) is 10.0. The molecule has 0 amide bonds. The van der Waals surface area contributed by atoms with Crippen molar-refractivity contribution in [3.05, 3.63) is 0 Å². The monoisotopic (exact) mass is 468 g/mol. The van der Waals surface area contributed by atoms with Crippen LogP contribution in [0.2, 0.25) is 0 Å². The molecule has 0 aromatic carbocycles. The first-order chi connectivity index (χ1) is 14.0. The number of esters is 2. The molecule has 186 valence electrons. The second-order valence-electron chi connectivity index (χ2n) is 7.52. The highest BCUT2D eigenvalue weighted by Crippen LogP contribution is 2.29. The molecule has 31 heavy (non-hydrogen) atoms. The van der Waals surface area contributed by atoms with Crippen LogP contribution >= 0.6 is 0 Å². The number of hydrogen-bond acceptors (Lipinski definition) is 6. The lowest BCUT2D eigenvalue weighted by atomic mass is 9.90. The first-order valence-electron chi connectivity index (χ1n) is 9.84. The van der Waals surface area contributed by atoms with Crippen molar-refractivity contribution in [3.63, 3.8) is 0 Å². The average molecular weight is 468 g/mol. The Balaban J connectivity index is 0. The maximum Gasteiger partial charge on any atom is 0.404 e. The average Bonchev–Trinajstić information content (AvgIpc) is 2.66. The van der Waals surface area contributed by atoms with Crippen LogP contribution in [0.25, 0.3) is 0 Å². The van der Waals surface area contributed by atoms with E-state index in [0.717, 1.165) is 27.1 Å². The minimum absolute atomic E-state index is 0.0532. The fourth-order valence-corrected chi connectivity index (χ4v) is 2.71. The molecule has 0 rings (SSSR count). The highest BCUT2D eigenvalue weighted by Gasteiger charge is 2.46. The van der Waals surface area contributed by atoms with Gasteiger partial charge in [-0.2, -0.15) is 26.3 Å². The third-order valence-electron chi connectivity index (χ3n) is 4.47. The van der Waals surface area contributed by atoms with E-state index < -0.39 is 48.2 Å². The zero-order chi connectivity index (χ0) is 25.0. The number of halogens is 6. The van der Waals surface area contributed by atoms with Crippen LogP contribution in [-0.4, -0.2) is 50.6 Å². The lowest BCUT2D eigenvalue weighted by molar-refractivity contribution is -0.175. The fourth-order valence-electron chi connectivity index (χ4n) is 2.71. The van der Waals surface area contributed by atoms with Crippen LogP contribution in [0.15, 0.2) is 0 Å². The molecular weight excluding hydrogens is 434 g/mol. The SMILES string of the molecule is CCCCC[C@H](C(=O)OC)[C@H](N)C(F)(F)F.COC(=O)[C@@H](CC(C)C)[C@H](N)C(F)(F)F. The van der Waals surface area contributed by atoms with Gasteiger partial charge in [0.15, 0.2) is 0 Å². The van der Waals surface area contributed by atoms with Gasteiger partial charge in [0.1, 0.15) is 12.1 Å². The number of carbonyl (C=O) groups excluding carboxylic acids is 2. The van der Waals surface area contributed by atoms with E-state index in [-0.39, 0.29) is 18.8 Å². The summed E-state index contributed by atoms with van der Waals surface area (Å²) in [6, 6.07) is -4.30. The minimum atomic E-state index is -4.58. The Hall–Kier alpha value is -1.56. The van der Waals surface area contributed by atoms with Crippen molar-refractivity contribution in [1.29, 1.82) is 0 Å². The lowest BCUT2D eigenvalue weighted by Crippen LogP contribution is -2.47. The standard InChI is InChI=1S/C10H18F3NO2.C9H16F3NO2/c1-3-4-5-6-7(9(15)16-2)8(14)10(11,12)13;1-5(2)4-6(8(14)15-3)7(13)9(10,11)12/h7-8H,3-6,14H2,1-2H3;5-7H,4,13H2,1-3H3/t7-,8-;6-,7-/m00/s1. The summed E-state index contributed by atoms with van der Waals surface area (Å²) in [6.45, 7) is 5.37. The van der Waals surface area contributed by atoms with E-state index in [1.54, 1.807) is 13.8 Å². The maximum absolute atomic E-state index is 12.4. The molecule has 4 atom stereocenters. The summed E-state index contributed by atoms with van der Waals surface area (Å²) in [5, 5.41) is 0. The molecule has 0 radical (unpaired) electrons. The predicted molar refractivity (Wildman–Crippen MR) is 103 cm³/mol. The van der Waals surface area contributed by atoms with Crippen molar-refractivity contribution < 1.29 is 45.4 Å². The Morgan fingerprint density at radius 1 is 0.806 bits per heavy atom. The molecule has 6 nitrogen and oxygen atoms in total. The van der Waals surface area contributed by atoms with Gasteiger partial charge in [0, 0.05) is 0 Å². The molecule has 0 heterocycles. The molecule has 0 spiro atoms. The van der Waals surface area contributed by atoms with Crippen molar-refractivity contribution in [2.45, 2.75) is 77.3 Å². The van der Waals surface area contributed by atoms with Gasteiger partial charge in [-0.05, 0) is 18.8 Å². The van der Waals surface area contributed by atoms with Gasteiger partial charge in [-0.3, -0.25) is 9.59 Å². The predicted octanol–water partition coefficient (Wildman–Crippen LogP) is 3.96. The van der Waals surface area contributed by atoms with Crippen LogP contribution in [0.5, 0.6) is 0 Å². The molecule has 0 aromatic rings. The Kier molecular flexibility index (Phi) is 14.8. The number of nitrogens with two attached hydrogens (primary N) is 2. The fraction of sp³-hybridized carbons (Fsp3) is 0.895. The number of carbonyl (C=O) groups is 2. The van der Waals surface area contributed by atoms with Gasteiger partial charge >= 0.3 is 24.3 Å². The summed E-state index contributed by atoms with van der Waals surface area (Å²) >= 11 is 0. The van der Waals surface area contributed by atoms with Crippen molar-refractivity contribution in [2.75, 3.05) is 14.2 Å². The van der Waals surface area contributed by atoms with Gasteiger partial charge in [0.2, 0.25) is 0 Å². The van der Waals surface area contributed by atoms with Crippen molar-refractivity contribution in [2.24, 2.45) is 29.2 Å². The quantitative estimate of drug-likeness (QED) is 0.286. The van der Waals surface area contributed by atoms with E-state index in [4.69, 9.17) is 11.5 Å². The van der Waals surface area contributed by atoms with Crippen molar-refractivity contribution >= 4 is 11.9 Å². The Bertz CT molecular complexity index is 527. The van der Waals surface area contributed by atoms with Crippen molar-refractivity contribution in [1.82, 2.24) is 0 Å². The second-order valence-corrected chi connectivity index (χ2v) is 7.52. The molecule has 0 fully saturated rings. The minimum Gasteiger partial charge on any atom is -0.469 e. The molecule has 0 aliphatic rings. The smallest absolute Gasteiger partial charge is 0.404 e. The zero-order valence-corrected chi connectivity index (χ0v) is 18.5. The first kappa shape index (κ1) is 31.6. The van der Waals surface area contributed by atoms with Gasteiger partial charge in [-0.25, -0.2) is 0 Å². The molecule has 0 aromatic heterocycles. The third kappa shape index (κ3) is 12.8. The molecule has 0 aliphatic heterocycles. The summed E-state index contributed by atoms with van der Waals surface area (Å²) in [5.74, 6) is -4.47. The van der Waals surface area contributed by atoms with Crippen LogP contribution in [0.3, 0.4) is 0 Å². The van der Waals surface area contributed by atoms with E-state index in [1.807, 2.05) is 6.92 Å². The third-order valence-corrected chi connectivity index (χ3v) is 4.47. The largest absolute Gasteiger partial charge is 0.469 e. The Morgan fingerprint density at radius 2 is 1.19 bits per heavy atom. The molecule has 0 saturated heterocycles. The van der Waals surface area contributed by atoms with Crippen LogP contribution in [0.4, 0.5) is 26.3 Å². The molecule has 0 bridgehead atoms. The van der Waals surface area contributed by atoms with E-state index >= 15 is 0 Å². The van der Waals surface area contributed by atoms with Gasteiger partial charge in [-0.1, -0.05) is 40.0 Å². The van der Waals surface area contributed by atoms with Crippen LogP contribution in [0.1, 0.15) is 52.9 Å². The number of methoxy groups -OCH3 is 2. The number of alkyl halides is 6. The van der Waals surface area contributed by atoms with Crippen LogP contribution < -0.4 is 11.5 Å². The summed E-state index contributed by atoms with van der Waals surface area (Å²) in [7, 11) is 2.12. The highest BCUT2D eigenvalue weighted by atomic mass is 19.4. The topological polar surface area (TPSA) is 105 Å². The zero-order valence-electron chi connectivity index (χ0n) is 18.5. The molecule has 4 N–H and O–H groups in total. The van der Waals surface area contributed by atoms with Crippen LogP contribution in [-0.2, 0) is 19.1 Å². The van der Waals surface area contributed by atoms with E-state index in [0.29, 0.717) is 6.42 Å². The highest BCUT2D eigenvalue weighted by molar-refractivity contribution is 5.73. The normalized spacial score (nSPS) is 15.9. The summed E-state index contributed by atoms with van der Waals surface area (Å²) in [6.07, 6.45) is -6.78. The van der Waals surface area contributed by atoms with Gasteiger partial charge in [-0.15, -0.1) is 0 Å². The number of hydrogen-bond donors (Lipinski definition) is 2. The lowest BCUT2D eigenvalue weighted by Gasteiger charge is -2.24. The van der Waals surface area contributed by atoms with Gasteiger partial charge < -0.3 is 20.9 Å². The Morgan fingerprint density at radius 3 is 1.52 bits per heavy atom. The van der Waals surface area contributed by atoms with E-state index in [2.05, 4.69) is 9.47 Å². The number of ether oxygens (including phenoxy) is 2. The molecule has 0 aliphatic carbocycles. The Labute approximate surface area is 179 Å².